The van der Waals surface area contributed by atoms with Gasteiger partial charge in [-0.2, -0.15) is 5.10 Å². The molecular formula is C22H25FN4O2S2. The summed E-state index contributed by atoms with van der Waals surface area (Å²) < 4.78 is 13.4. The van der Waals surface area contributed by atoms with Gasteiger partial charge in [0.25, 0.3) is 5.91 Å². The van der Waals surface area contributed by atoms with Gasteiger partial charge in [-0.15, -0.1) is 23.1 Å². The number of thioether (sulfide) groups is 1. The number of hydrogen-bond acceptors (Lipinski definition) is 6. The molecule has 4 unspecified atom stereocenters. The summed E-state index contributed by atoms with van der Waals surface area (Å²) in [6.07, 6.45) is 1.35. The molecule has 1 aromatic heterocycles. The standard InChI is InChI=1S/C22H25FN4O2S2/c1-3-16-13(2)24-22(25-21(16)29)31-12-20(28)27-18(14-6-8-15(23)9-7-14)11-17(26-27)19-5-4-10-30-19/h4-10,13,16,18,22,24H,3,11-12H2,1-2H3,(H,25,29). The molecule has 9 heteroatoms. The Bertz CT molecular complexity index is 964. The van der Waals surface area contributed by atoms with Crippen molar-refractivity contribution in [3.8, 4) is 0 Å². The number of amides is 2. The van der Waals surface area contributed by atoms with Crippen LogP contribution in [0.25, 0.3) is 0 Å². The topological polar surface area (TPSA) is 73.8 Å². The molecule has 2 aliphatic rings. The number of nitrogens with one attached hydrogen (secondary N) is 2. The Morgan fingerprint density at radius 2 is 2.10 bits per heavy atom. The van der Waals surface area contributed by atoms with Crippen molar-refractivity contribution in [2.45, 2.75) is 44.3 Å². The van der Waals surface area contributed by atoms with E-state index < -0.39 is 0 Å². The Kier molecular flexibility index (Phi) is 6.74. The largest absolute Gasteiger partial charge is 0.331 e. The molecule has 0 aliphatic carbocycles. The van der Waals surface area contributed by atoms with E-state index in [0.29, 0.717) is 6.42 Å². The molecule has 31 heavy (non-hydrogen) atoms. The number of carbonyl (C=O) groups is 2. The van der Waals surface area contributed by atoms with Crippen molar-refractivity contribution in [3.63, 3.8) is 0 Å². The zero-order chi connectivity index (χ0) is 22.0. The molecule has 4 atom stereocenters. The second-order valence-corrected chi connectivity index (χ2v) is 9.74. The minimum atomic E-state index is -0.318. The lowest BCUT2D eigenvalue weighted by Gasteiger charge is -2.35. The predicted molar refractivity (Wildman–Crippen MR) is 122 cm³/mol. The van der Waals surface area contributed by atoms with E-state index in [1.165, 1.54) is 28.9 Å². The van der Waals surface area contributed by atoms with E-state index >= 15 is 0 Å². The lowest BCUT2D eigenvalue weighted by Crippen LogP contribution is -2.59. The first-order valence-corrected chi connectivity index (χ1v) is 12.3. The predicted octanol–water partition coefficient (Wildman–Crippen LogP) is 3.72. The molecule has 1 fully saturated rings. The first kappa shape index (κ1) is 22.0. The lowest BCUT2D eigenvalue weighted by molar-refractivity contribution is -0.130. The third kappa shape index (κ3) is 4.83. The molecule has 6 nitrogen and oxygen atoms in total. The zero-order valence-corrected chi connectivity index (χ0v) is 19.0. The Balaban J connectivity index is 1.47. The maximum atomic E-state index is 13.4. The summed E-state index contributed by atoms with van der Waals surface area (Å²) in [5.74, 6) is -0.338. The van der Waals surface area contributed by atoms with E-state index in [-0.39, 0.29) is 46.9 Å². The monoisotopic (exact) mass is 460 g/mol. The van der Waals surface area contributed by atoms with E-state index in [2.05, 4.69) is 15.7 Å². The number of halogens is 1. The van der Waals surface area contributed by atoms with Crippen LogP contribution in [0.5, 0.6) is 0 Å². The summed E-state index contributed by atoms with van der Waals surface area (Å²) in [7, 11) is 0. The number of carbonyl (C=O) groups excluding carboxylic acids is 2. The van der Waals surface area contributed by atoms with Crippen LogP contribution < -0.4 is 10.6 Å². The van der Waals surface area contributed by atoms with Crippen molar-refractivity contribution in [2.24, 2.45) is 11.0 Å². The minimum Gasteiger partial charge on any atom is -0.331 e. The van der Waals surface area contributed by atoms with E-state index in [1.54, 1.807) is 23.5 Å². The summed E-state index contributed by atoms with van der Waals surface area (Å²) >= 11 is 2.93. The molecule has 1 saturated heterocycles. The molecule has 2 N–H and O–H groups in total. The summed E-state index contributed by atoms with van der Waals surface area (Å²) in [4.78, 5) is 26.4. The highest BCUT2D eigenvalue weighted by Gasteiger charge is 2.35. The fraction of sp³-hybridized carbons (Fsp3) is 0.409. The molecule has 0 bridgehead atoms. The van der Waals surface area contributed by atoms with Gasteiger partial charge in [-0.1, -0.05) is 25.1 Å². The second-order valence-electron chi connectivity index (χ2n) is 7.70. The van der Waals surface area contributed by atoms with Gasteiger partial charge in [-0.3, -0.25) is 14.9 Å². The van der Waals surface area contributed by atoms with Crippen LogP contribution in [0.1, 0.15) is 43.2 Å². The average Bonchev–Trinajstić information content (AvgIpc) is 3.42. The number of hydrogen-bond donors (Lipinski definition) is 2. The van der Waals surface area contributed by atoms with Crippen LogP contribution in [0.3, 0.4) is 0 Å². The summed E-state index contributed by atoms with van der Waals surface area (Å²) in [5, 5.41) is 14.4. The average molecular weight is 461 g/mol. The molecule has 164 valence electrons. The Morgan fingerprint density at radius 1 is 1.32 bits per heavy atom. The maximum Gasteiger partial charge on any atom is 0.253 e. The quantitative estimate of drug-likeness (QED) is 0.689. The molecule has 0 saturated carbocycles. The van der Waals surface area contributed by atoms with Crippen LogP contribution in [0, 0.1) is 11.7 Å². The van der Waals surface area contributed by atoms with Crippen molar-refractivity contribution in [1.82, 2.24) is 15.6 Å². The van der Waals surface area contributed by atoms with E-state index in [1.807, 2.05) is 31.4 Å². The van der Waals surface area contributed by atoms with Gasteiger partial charge in [0.05, 0.1) is 28.3 Å². The van der Waals surface area contributed by atoms with Crippen LogP contribution >= 0.6 is 23.1 Å². The molecule has 0 spiro atoms. The van der Waals surface area contributed by atoms with Crippen LogP contribution in [0.2, 0.25) is 0 Å². The van der Waals surface area contributed by atoms with E-state index in [4.69, 9.17) is 0 Å². The first-order chi connectivity index (χ1) is 15.0. The normalized spacial score (nSPS) is 26.0. The van der Waals surface area contributed by atoms with Crippen molar-refractivity contribution >= 4 is 40.6 Å². The van der Waals surface area contributed by atoms with Gasteiger partial charge in [-0.25, -0.2) is 9.40 Å². The molecule has 2 aliphatic heterocycles. The van der Waals surface area contributed by atoms with Crippen LogP contribution in [0.15, 0.2) is 46.9 Å². The molecule has 2 amide bonds. The molecule has 4 rings (SSSR count). The Labute approximate surface area is 189 Å². The highest BCUT2D eigenvalue weighted by atomic mass is 32.2. The van der Waals surface area contributed by atoms with E-state index in [9.17, 15) is 14.0 Å². The zero-order valence-electron chi connectivity index (χ0n) is 17.4. The Hall–Kier alpha value is -2.23. The van der Waals surface area contributed by atoms with Crippen molar-refractivity contribution < 1.29 is 14.0 Å². The number of hydrazone groups is 1. The van der Waals surface area contributed by atoms with Crippen molar-refractivity contribution in [2.75, 3.05) is 5.75 Å². The summed E-state index contributed by atoms with van der Waals surface area (Å²) in [6.45, 7) is 3.98. The molecular weight excluding hydrogens is 435 g/mol. The second kappa shape index (κ2) is 9.50. The van der Waals surface area contributed by atoms with Crippen LogP contribution in [0.4, 0.5) is 4.39 Å². The number of rotatable bonds is 6. The maximum absolute atomic E-state index is 13.4. The van der Waals surface area contributed by atoms with Gasteiger partial charge in [0.15, 0.2) is 0 Å². The molecule has 0 radical (unpaired) electrons. The fourth-order valence-electron chi connectivity index (χ4n) is 3.99. The molecule has 2 aromatic rings. The molecule has 3 heterocycles. The smallest absolute Gasteiger partial charge is 0.253 e. The van der Waals surface area contributed by atoms with Gasteiger partial charge >= 0.3 is 0 Å². The van der Waals surface area contributed by atoms with Gasteiger partial charge in [-0.05, 0) is 42.5 Å². The van der Waals surface area contributed by atoms with Gasteiger partial charge < -0.3 is 5.32 Å². The highest BCUT2D eigenvalue weighted by molar-refractivity contribution is 8.00. The third-order valence-electron chi connectivity index (χ3n) is 5.67. The minimum absolute atomic E-state index is 0.0158. The van der Waals surface area contributed by atoms with Crippen molar-refractivity contribution in [3.05, 3.63) is 58.0 Å². The summed E-state index contributed by atoms with van der Waals surface area (Å²) in [6, 6.07) is 9.94. The molecule has 1 aromatic carbocycles. The van der Waals surface area contributed by atoms with Gasteiger partial charge in [0.2, 0.25) is 5.91 Å². The number of thiophene rings is 1. The van der Waals surface area contributed by atoms with Gasteiger partial charge in [0, 0.05) is 12.5 Å². The van der Waals surface area contributed by atoms with Crippen LogP contribution in [-0.4, -0.2) is 39.8 Å². The highest BCUT2D eigenvalue weighted by Crippen LogP contribution is 2.34. The number of benzene rings is 1. The first-order valence-electron chi connectivity index (χ1n) is 10.3. The Morgan fingerprint density at radius 3 is 2.74 bits per heavy atom. The van der Waals surface area contributed by atoms with Crippen LogP contribution in [-0.2, 0) is 9.59 Å². The van der Waals surface area contributed by atoms with Crippen molar-refractivity contribution in [1.29, 1.82) is 0 Å². The third-order valence-corrected chi connectivity index (χ3v) is 7.59. The summed E-state index contributed by atoms with van der Waals surface area (Å²) in [5.41, 5.74) is 1.38. The fourth-order valence-corrected chi connectivity index (χ4v) is 5.66. The number of nitrogens with zero attached hydrogens (tertiary/aromatic N) is 2. The lowest BCUT2D eigenvalue weighted by atomic mass is 9.96. The van der Waals surface area contributed by atoms with Gasteiger partial charge in [0.1, 0.15) is 11.3 Å². The SMILES string of the molecule is CCC1C(=O)NC(SCC(=O)N2N=C(c3cccs3)CC2c2ccc(F)cc2)NC1C. The van der Waals surface area contributed by atoms with E-state index in [0.717, 1.165) is 22.6 Å².